The Hall–Kier alpha value is -3.13. The Balaban J connectivity index is 1.50. The second kappa shape index (κ2) is 7.12. The van der Waals surface area contributed by atoms with Gasteiger partial charge in [0.2, 0.25) is 0 Å². The van der Waals surface area contributed by atoms with E-state index in [1.807, 2.05) is 30.3 Å². The van der Waals surface area contributed by atoms with Gasteiger partial charge in [-0.15, -0.1) is 10.2 Å². The molecule has 2 aromatic carbocycles. The molecule has 4 aromatic rings. The standard InChI is InChI=1S/C20H15FN4O2S/c21-15-5-2-1-4-14(15)20-23-22-18-8-9-19(24-25(18)20)28-13-6-7-16-17(12-13)27-11-3-10-26-16/h1-2,4-9,12H,3,10-11H2. The summed E-state index contributed by atoms with van der Waals surface area (Å²) in [6.07, 6.45) is 0.863. The van der Waals surface area contributed by atoms with E-state index in [0.29, 0.717) is 30.2 Å². The molecule has 28 heavy (non-hydrogen) atoms. The molecule has 0 radical (unpaired) electrons. The van der Waals surface area contributed by atoms with Crippen LogP contribution in [0.25, 0.3) is 17.0 Å². The van der Waals surface area contributed by atoms with E-state index in [9.17, 15) is 4.39 Å². The Morgan fingerprint density at radius 3 is 2.68 bits per heavy atom. The van der Waals surface area contributed by atoms with Crippen molar-refractivity contribution < 1.29 is 13.9 Å². The van der Waals surface area contributed by atoms with Gasteiger partial charge in [0.15, 0.2) is 23.0 Å². The number of hydrogen-bond acceptors (Lipinski definition) is 6. The van der Waals surface area contributed by atoms with Crippen molar-refractivity contribution in [3.8, 4) is 22.9 Å². The first-order valence-corrected chi connectivity index (χ1v) is 9.64. The molecule has 0 aliphatic carbocycles. The van der Waals surface area contributed by atoms with E-state index in [0.717, 1.165) is 27.8 Å². The molecule has 0 spiro atoms. The first-order chi connectivity index (χ1) is 13.8. The van der Waals surface area contributed by atoms with Gasteiger partial charge in [-0.1, -0.05) is 23.9 Å². The Bertz CT molecular complexity index is 1160. The summed E-state index contributed by atoms with van der Waals surface area (Å²) in [5.74, 6) is 1.50. The second-order valence-electron chi connectivity index (χ2n) is 6.21. The lowest BCUT2D eigenvalue weighted by atomic mass is 10.2. The van der Waals surface area contributed by atoms with Crippen LogP contribution in [0.5, 0.6) is 11.5 Å². The summed E-state index contributed by atoms with van der Waals surface area (Å²) >= 11 is 1.48. The van der Waals surface area contributed by atoms with Crippen LogP contribution in [0.3, 0.4) is 0 Å². The predicted molar refractivity (Wildman–Crippen MR) is 102 cm³/mol. The van der Waals surface area contributed by atoms with E-state index in [4.69, 9.17) is 9.47 Å². The summed E-state index contributed by atoms with van der Waals surface area (Å²) in [7, 11) is 0. The van der Waals surface area contributed by atoms with Gasteiger partial charge in [-0.3, -0.25) is 0 Å². The number of benzene rings is 2. The van der Waals surface area contributed by atoms with Crippen molar-refractivity contribution in [3.05, 3.63) is 60.4 Å². The minimum atomic E-state index is -0.362. The van der Waals surface area contributed by atoms with E-state index in [1.54, 1.807) is 22.7 Å². The molecular weight excluding hydrogens is 379 g/mol. The molecular formula is C20H15FN4O2S. The van der Waals surface area contributed by atoms with E-state index < -0.39 is 0 Å². The summed E-state index contributed by atoms with van der Waals surface area (Å²) in [4.78, 5) is 0.969. The van der Waals surface area contributed by atoms with Crippen molar-refractivity contribution in [2.24, 2.45) is 0 Å². The lowest BCUT2D eigenvalue weighted by molar-refractivity contribution is 0.297. The largest absolute Gasteiger partial charge is 0.490 e. The maximum Gasteiger partial charge on any atom is 0.188 e. The lowest BCUT2D eigenvalue weighted by Crippen LogP contribution is -1.98. The summed E-state index contributed by atoms with van der Waals surface area (Å²) in [5, 5.41) is 13.5. The Kier molecular flexibility index (Phi) is 4.32. The first kappa shape index (κ1) is 17.0. The fraction of sp³-hybridized carbons (Fsp3) is 0.150. The highest BCUT2D eigenvalue weighted by Crippen LogP contribution is 2.36. The maximum atomic E-state index is 14.2. The molecule has 6 nitrogen and oxygen atoms in total. The van der Waals surface area contributed by atoms with Crippen LogP contribution < -0.4 is 9.47 Å². The van der Waals surface area contributed by atoms with Gasteiger partial charge in [-0.2, -0.15) is 9.61 Å². The minimum absolute atomic E-state index is 0.361. The van der Waals surface area contributed by atoms with Gasteiger partial charge in [0.1, 0.15) is 10.8 Å². The number of fused-ring (bicyclic) bond motifs is 2. The second-order valence-corrected chi connectivity index (χ2v) is 7.30. The molecule has 0 atom stereocenters. The molecule has 0 fully saturated rings. The topological polar surface area (TPSA) is 61.5 Å². The van der Waals surface area contributed by atoms with Crippen LogP contribution in [0, 0.1) is 5.82 Å². The Labute approximate surface area is 164 Å². The summed E-state index contributed by atoms with van der Waals surface area (Å²) in [6.45, 7) is 1.29. The molecule has 0 amide bonds. The highest BCUT2D eigenvalue weighted by atomic mass is 32.2. The molecule has 3 heterocycles. The SMILES string of the molecule is Fc1ccccc1-c1nnc2ccc(Sc3ccc4c(c3)OCCCO4)nn12. The molecule has 1 aliphatic rings. The van der Waals surface area contributed by atoms with Crippen LogP contribution in [-0.4, -0.2) is 33.0 Å². The van der Waals surface area contributed by atoms with Crippen LogP contribution >= 0.6 is 11.8 Å². The van der Waals surface area contributed by atoms with Crippen LogP contribution in [-0.2, 0) is 0 Å². The van der Waals surface area contributed by atoms with Crippen LogP contribution in [0.1, 0.15) is 6.42 Å². The summed E-state index contributed by atoms with van der Waals surface area (Å²) < 4.78 is 27.2. The number of hydrogen-bond donors (Lipinski definition) is 0. The fourth-order valence-electron chi connectivity index (χ4n) is 2.96. The Morgan fingerprint density at radius 1 is 0.929 bits per heavy atom. The quantitative estimate of drug-likeness (QED) is 0.518. The maximum absolute atomic E-state index is 14.2. The van der Waals surface area contributed by atoms with Crippen molar-refractivity contribution in [1.82, 2.24) is 19.8 Å². The number of ether oxygens (including phenoxy) is 2. The molecule has 0 saturated heterocycles. The van der Waals surface area contributed by atoms with E-state index in [-0.39, 0.29) is 5.82 Å². The average molecular weight is 394 g/mol. The predicted octanol–water partition coefficient (Wildman–Crippen LogP) is 4.24. The third-order valence-electron chi connectivity index (χ3n) is 4.29. The van der Waals surface area contributed by atoms with E-state index >= 15 is 0 Å². The zero-order valence-corrected chi connectivity index (χ0v) is 15.5. The van der Waals surface area contributed by atoms with Gasteiger partial charge in [-0.05, 0) is 42.5 Å². The summed E-state index contributed by atoms with van der Waals surface area (Å²) in [5.41, 5.74) is 0.918. The molecule has 8 heteroatoms. The zero-order valence-electron chi connectivity index (χ0n) is 14.7. The molecule has 0 bridgehead atoms. The molecule has 140 valence electrons. The molecule has 1 aliphatic heterocycles. The van der Waals surface area contributed by atoms with Gasteiger partial charge < -0.3 is 9.47 Å². The van der Waals surface area contributed by atoms with Crippen molar-refractivity contribution in [3.63, 3.8) is 0 Å². The van der Waals surface area contributed by atoms with Crippen LogP contribution in [0.15, 0.2) is 64.5 Å². The molecule has 0 unspecified atom stereocenters. The molecule has 0 saturated carbocycles. The number of halogens is 1. The number of rotatable bonds is 3. The van der Waals surface area contributed by atoms with Gasteiger partial charge in [0.25, 0.3) is 0 Å². The molecule has 0 N–H and O–H groups in total. The van der Waals surface area contributed by atoms with Gasteiger partial charge >= 0.3 is 0 Å². The third-order valence-corrected chi connectivity index (χ3v) is 5.21. The van der Waals surface area contributed by atoms with Crippen molar-refractivity contribution in [2.75, 3.05) is 13.2 Å². The third kappa shape index (κ3) is 3.16. The fourth-order valence-corrected chi connectivity index (χ4v) is 3.77. The summed E-state index contributed by atoms with van der Waals surface area (Å²) in [6, 6.07) is 16.0. The van der Waals surface area contributed by atoms with Crippen molar-refractivity contribution >= 4 is 17.4 Å². The highest BCUT2D eigenvalue weighted by Gasteiger charge is 2.15. The molecule has 5 rings (SSSR count). The lowest BCUT2D eigenvalue weighted by Gasteiger charge is -2.09. The number of nitrogens with zero attached hydrogens (tertiary/aromatic N) is 4. The van der Waals surface area contributed by atoms with Crippen LogP contribution in [0.2, 0.25) is 0 Å². The normalized spacial score (nSPS) is 13.5. The first-order valence-electron chi connectivity index (χ1n) is 8.83. The highest BCUT2D eigenvalue weighted by molar-refractivity contribution is 7.99. The minimum Gasteiger partial charge on any atom is -0.490 e. The monoisotopic (exact) mass is 394 g/mol. The van der Waals surface area contributed by atoms with E-state index in [1.165, 1.54) is 17.8 Å². The van der Waals surface area contributed by atoms with Crippen LogP contribution in [0.4, 0.5) is 4.39 Å². The molecule has 2 aromatic heterocycles. The van der Waals surface area contributed by atoms with Gasteiger partial charge in [-0.25, -0.2) is 4.39 Å². The smallest absolute Gasteiger partial charge is 0.188 e. The van der Waals surface area contributed by atoms with Crippen molar-refractivity contribution in [1.29, 1.82) is 0 Å². The van der Waals surface area contributed by atoms with Gasteiger partial charge in [0, 0.05) is 11.3 Å². The number of aromatic nitrogens is 4. The average Bonchev–Trinajstić information content (AvgIpc) is 2.97. The zero-order chi connectivity index (χ0) is 18.9. The van der Waals surface area contributed by atoms with Crippen molar-refractivity contribution in [2.45, 2.75) is 16.3 Å². The Morgan fingerprint density at radius 2 is 1.79 bits per heavy atom. The van der Waals surface area contributed by atoms with Gasteiger partial charge in [0.05, 0.1) is 18.8 Å². The van der Waals surface area contributed by atoms with E-state index in [2.05, 4.69) is 15.3 Å².